The highest BCUT2D eigenvalue weighted by Gasteiger charge is 2.26. The van der Waals surface area contributed by atoms with Crippen LogP contribution in [0.2, 0.25) is 0 Å². The molecular formula is C20H22FN2+. The molecule has 2 aromatic carbocycles. The molecule has 0 aliphatic heterocycles. The fraction of sp³-hybridized carbons (Fsp3) is 0.300. The third kappa shape index (κ3) is 2.77. The Balaban J connectivity index is 1.60. The average Bonchev–Trinajstić information content (AvgIpc) is 2.93. The minimum Gasteiger partial charge on any atom is -0.353 e. The first-order valence-electron chi connectivity index (χ1n) is 8.39. The first-order chi connectivity index (χ1) is 11.2. The second-order valence-corrected chi connectivity index (χ2v) is 6.63. The Hall–Kier alpha value is -2.13. The molecular weight excluding hydrogens is 287 g/mol. The van der Waals surface area contributed by atoms with Crippen LogP contribution in [0, 0.1) is 12.7 Å². The zero-order valence-corrected chi connectivity index (χ0v) is 13.4. The molecule has 0 amide bonds. The Bertz CT molecular complexity index is 833. The summed E-state index contributed by atoms with van der Waals surface area (Å²) >= 11 is 0. The summed E-state index contributed by atoms with van der Waals surface area (Å²) in [5.41, 5.74) is 6.62. The van der Waals surface area contributed by atoms with Crippen LogP contribution in [-0.2, 0) is 13.0 Å². The fourth-order valence-electron chi connectivity index (χ4n) is 3.75. The second kappa shape index (κ2) is 5.82. The van der Waals surface area contributed by atoms with Gasteiger partial charge in [-0.15, -0.1) is 0 Å². The van der Waals surface area contributed by atoms with Crippen LogP contribution in [0.15, 0.2) is 42.5 Å². The van der Waals surface area contributed by atoms with Crippen molar-refractivity contribution in [1.29, 1.82) is 0 Å². The van der Waals surface area contributed by atoms with E-state index >= 15 is 0 Å². The smallest absolute Gasteiger partial charge is 0.127 e. The molecule has 4 rings (SSSR count). The SMILES string of the molecule is Cc1ccc2[nH]c3c(c2c1)CCC[C@H]3[NH2+]Cc1ccc(F)cc1. The number of rotatable bonds is 3. The van der Waals surface area contributed by atoms with E-state index in [-0.39, 0.29) is 5.82 Å². The van der Waals surface area contributed by atoms with Gasteiger partial charge >= 0.3 is 0 Å². The molecule has 118 valence electrons. The maximum atomic E-state index is 13.0. The number of benzene rings is 2. The first kappa shape index (κ1) is 14.5. The normalized spacial score (nSPS) is 17.4. The van der Waals surface area contributed by atoms with Gasteiger partial charge in [0.25, 0.3) is 0 Å². The van der Waals surface area contributed by atoms with E-state index in [1.54, 1.807) is 12.1 Å². The Labute approximate surface area is 135 Å². The largest absolute Gasteiger partial charge is 0.353 e. The highest BCUT2D eigenvalue weighted by molar-refractivity contribution is 5.85. The van der Waals surface area contributed by atoms with Gasteiger partial charge in [-0.05, 0) is 49.6 Å². The molecule has 23 heavy (non-hydrogen) atoms. The molecule has 1 heterocycles. The summed E-state index contributed by atoms with van der Waals surface area (Å²) in [6.07, 6.45) is 3.60. The molecule has 3 aromatic rings. The number of aromatic amines is 1. The molecule has 2 nitrogen and oxygen atoms in total. The van der Waals surface area contributed by atoms with Crippen molar-refractivity contribution in [1.82, 2.24) is 4.98 Å². The first-order valence-corrected chi connectivity index (χ1v) is 8.39. The predicted octanol–water partition coefficient (Wildman–Crippen LogP) is 3.76. The summed E-state index contributed by atoms with van der Waals surface area (Å²) < 4.78 is 13.0. The molecule has 0 bridgehead atoms. The van der Waals surface area contributed by atoms with E-state index < -0.39 is 0 Å². The lowest BCUT2D eigenvalue weighted by atomic mass is 9.91. The van der Waals surface area contributed by atoms with Crippen LogP contribution in [0.3, 0.4) is 0 Å². The molecule has 0 spiro atoms. The molecule has 0 unspecified atom stereocenters. The number of quaternary nitrogens is 1. The molecule has 1 atom stereocenters. The average molecular weight is 309 g/mol. The number of aryl methyl sites for hydroxylation is 2. The molecule has 0 saturated carbocycles. The van der Waals surface area contributed by atoms with Crippen molar-refractivity contribution in [3.63, 3.8) is 0 Å². The summed E-state index contributed by atoms with van der Waals surface area (Å²) in [5.74, 6) is -0.167. The van der Waals surface area contributed by atoms with E-state index in [0.29, 0.717) is 6.04 Å². The maximum Gasteiger partial charge on any atom is 0.127 e. The summed E-state index contributed by atoms with van der Waals surface area (Å²) in [7, 11) is 0. The van der Waals surface area contributed by atoms with Crippen LogP contribution in [0.4, 0.5) is 4.39 Å². The lowest BCUT2D eigenvalue weighted by Gasteiger charge is -2.21. The Kier molecular flexibility index (Phi) is 3.66. The van der Waals surface area contributed by atoms with Gasteiger partial charge < -0.3 is 10.3 Å². The number of fused-ring (bicyclic) bond motifs is 3. The van der Waals surface area contributed by atoms with Crippen molar-refractivity contribution in [2.45, 2.75) is 38.8 Å². The molecule has 1 aliphatic carbocycles. The Morgan fingerprint density at radius 3 is 2.83 bits per heavy atom. The van der Waals surface area contributed by atoms with Gasteiger partial charge in [-0.2, -0.15) is 0 Å². The third-order valence-electron chi connectivity index (χ3n) is 4.96. The summed E-state index contributed by atoms with van der Waals surface area (Å²) in [6, 6.07) is 14.0. The number of nitrogens with two attached hydrogens (primary N) is 1. The van der Waals surface area contributed by atoms with E-state index in [0.717, 1.165) is 6.54 Å². The highest BCUT2D eigenvalue weighted by Crippen LogP contribution is 2.33. The number of halogens is 1. The van der Waals surface area contributed by atoms with Crippen molar-refractivity contribution in [3.8, 4) is 0 Å². The summed E-state index contributed by atoms with van der Waals surface area (Å²) in [6.45, 7) is 3.04. The minimum atomic E-state index is -0.167. The Morgan fingerprint density at radius 1 is 1.17 bits per heavy atom. The number of H-pyrrole nitrogens is 1. The maximum absolute atomic E-state index is 13.0. The van der Waals surface area contributed by atoms with Gasteiger partial charge in [-0.3, -0.25) is 0 Å². The monoisotopic (exact) mass is 309 g/mol. The molecule has 0 saturated heterocycles. The molecule has 1 aliphatic rings. The van der Waals surface area contributed by atoms with Gasteiger partial charge in [0.1, 0.15) is 18.4 Å². The van der Waals surface area contributed by atoms with E-state index in [9.17, 15) is 4.39 Å². The Morgan fingerprint density at radius 2 is 2.00 bits per heavy atom. The standard InChI is InChI=1S/C20H21FN2/c1-13-5-10-18-17(11-13)16-3-2-4-19(20(16)23-18)22-12-14-6-8-15(21)9-7-14/h5-11,19,22-23H,2-4,12H2,1H3/p+1/t19-/m1/s1. The topological polar surface area (TPSA) is 32.4 Å². The summed E-state index contributed by atoms with van der Waals surface area (Å²) in [5, 5.41) is 3.77. The lowest BCUT2D eigenvalue weighted by molar-refractivity contribution is -0.712. The zero-order chi connectivity index (χ0) is 15.8. The molecule has 3 N–H and O–H groups in total. The van der Waals surface area contributed by atoms with Crippen LogP contribution < -0.4 is 5.32 Å². The van der Waals surface area contributed by atoms with Crippen molar-refractivity contribution < 1.29 is 9.71 Å². The van der Waals surface area contributed by atoms with Crippen molar-refractivity contribution in [2.75, 3.05) is 0 Å². The summed E-state index contributed by atoms with van der Waals surface area (Å²) in [4.78, 5) is 3.65. The zero-order valence-electron chi connectivity index (χ0n) is 13.4. The van der Waals surface area contributed by atoms with Gasteiger partial charge in [0, 0.05) is 22.9 Å². The molecule has 1 aromatic heterocycles. The van der Waals surface area contributed by atoms with Gasteiger partial charge in [0.2, 0.25) is 0 Å². The number of nitrogens with one attached hydrogen (secondary N) is 1. The molecule has 0 fully saturated rings. The van der Waals surface area contributed by atoms with Crippen molar-refractivity contribution in [3.05, 3.63) is 70.7 Å². The lowest BCUT2D eigenvalue weighted by Crippen LogP contribution is -2.84. The van der Waals surface area contributed by atoms with Crippen LogP contribution in [0.25, 0.3) is 10.9 Å². The van der Waals surface area contributed by atoms with E-state index in [1.807, 2.05) is 12.1 Å². The van der Waals surface area contributed by atoms with Gasteiger partial charge in [-0.25, -0.2) is 4.39 Å². The van der Waals surface area contributed by atoms with E-state index in [1.165, 1.54) is 52.5 Å². The molecule has 0 radical (unpaired) electrons. The van der Waals surface area contributed by atoms with Gasteiger partial charge in [0.15, 0.2) is 0 Å². The van der Waals surface area contributed by atoms with Gasteiger partial charge in [-0.1, -0.05) is 23.8 Å². The number of hydrogen-bond acceptors (Lipinski definition) is 0. The fourth-order valence-corrected chi connectivity index (χ4v) is 3.75. The third-order valence-corrected chi connectivity index (χ3v) is 4.96. The van der Waals surface area contributed by atoms with Crippen LogP contribution in [0.5, 0.6) is 0 Å². The van der Waals surface area contributed by atoms with Gasteiger partial charge in [0.05, 0.1) is 5.69 Å². The predicted molar refractivity (Wildman–Crippen MR) is 90.7 cm³/mol. The van der Waals surface area contributed by atoms with E-state index in [2.05, 4.69) is 35.4 Å². The van der Waals surface area contributed by atoms with Crippen LogP contribution >= 0.6 is 0 Å². The van der Waals surface area contributed by atoms with Crippen molar-refractivity contribution >= 4 is 10.9 Å². The van der Waals surface area contributed by atoms with Crippen LogP contribution in [0.1, 0.15) is 41.3 Å². The number of hydrogen-bond donors (Lipinski definition) is 2. The quantitative estimate of drug-likeness (QED) is 0.738. The second-order valence-electron chi connectivity index (χ2n) is 6.63. The van der Waals surface area contributed by atoms with Crippen LogP contribution in [-0.4, -0.2) is 4.98 Å². The highest BCUT2D eigenvalue weighted by atomic mass is 19.1. The van der Waals surface area contributed by atoms with Crippen molar-refractivity contribution in [2.24, 2.45) is 0 Å². The number of aromatic nitrogens is 1. The molecule has 3 heteroatoms. The van der Waals surface area contributed by atoms with E-state index in [4.69, 9.17) is 0 Å². The minimum absolute atomic E-state index is 0.167.